The molecule has 4 aromatic rings. The van der Waals surface area contributed by atoms with Gasteiger partial charge in [-0.1, -0.05) is 6.07 Å². The number of rotatable bonds is 6. The van der Waals surface area contributed by atoms with Gasteiger partial charge in [-0.15, -0.1) is 0 Å². The SMILES string of the molecule is OCCn1cc(Nc2ncc3cnn(Cc4c(F)cccc4F)c3n2)cn1. The topological polar surface area (TPSA) is 93.7 Å². The average Bonchev–Trinajstić information content (AvgIpc) is 3.25. The van der Waals surface area contributed by atoms with Crippen molar-refractivity contribution in [3.63, 3.8) is 0 Å². The van der Waals surface area contributed by atoms with Gasteiger partial charge in [-0.3, -0.25) is 4.68 Å². The lowest BCUT2D eigenvalue weighted by Crippen LogP contribution is -2.07. The van der Waals surface area contributed by atoms with E-state index in [-0.39, 0.29) is 18.7 Å². The highest BCUT2D eigenvalue weighted by Crippen LogP contribution is 2.19. The number of nitrogens with one attached hydrogen (secondary N) is 1. The minimum atomic E-state index is -0.637. The molecular formula is C17H15F2N7O. The summed E-state index contributed by atoms with van der Waals surface area (Å²) >= 11 is 0. The molecule has 0 saturated heterocycles. The van der Waals surface area contributed by atoms with E-state index in [1.54, 1.807) is 23.3 Å². The molecule has 1 aromatic carbocycles. The fourth-order valence-corrected chi connectivity index (χ4v) is 2.66. The molecule has 4 rings (SSSR count). The number of halogens is 2. The van der Waals surface area contributed by atoms with E-state index < -0.39 is 11.6 Å². The number of aliphatic hydroxyl groups is 1. The predicted molar refractivity (Wildman–Crippen MR) is 93.4 cm³/mol. The molecule has 8 nitrogen and oxygen atoms in total. The summed E-state index contributed by atoms with van der Waals surface area (Å²) in [5.74, 6) is -0.980. The molecule has 2 N–H and O–H groups in total. The summed E-state index contributed by atoms with van der Waals surface area (Å²) in [7, 11) is 0. The monoisotopic (exact) mass is 371 g/mol. The summed E-state index contributed by atoms with van der Waals surface area (Å²) in [6, 6.07) is 3.72. The maximum atomic E-state index is 13.9. The van der Waals surface area contributed by atoms with E-state index >= 15 is 0 Å². The lowest BCUT2D eigenvalue weighted by atomic mass is 10.2. The summed E-state index contributed by atoms with van der Waals surface area (Å²) in [5, 5.41) is 20.8. The first-order chi connectivity index (χ1) is 13.1. The van der Waals surface area contributed by atoms with Crippen LogP contribution >= 0.6 is 0 Å². The zero-order chi connectivity index (χ0) is 18.8. The van der Waals surface area contributed by atoms with E-state index in [1.807, 2.05) is 0 Å². The summed E-state index contributed by atoms with van der Waals surface area (Å²) in [5.41, 5.74) is 1.01. The standard InChI is InChI=1S/C17H15F2N7O/c18-14-2-1-3-15(19)13(14)10-26-16-11(7-22-26)6-20-17(24-16)23-12-8-21-25(9-12)4-5-27/h1-3,6-9,27H,4-5,10H2,(H,20,23,24). The van der Waals surface area contributed by atoms with Crippen molar-refractivity contribution in [3.05, 3.63) is 60.2 Å². The minimum Gasteiger partial charge on any atom is -0.394 e. The summed E-state index contributed by atoms with van der Waals surface area (Å²) in [4.78, 5) is 8.59. The highest BCUT2D eigenvalue weighted by Gasteiger charge is 2.13. The number of benzene rings is 1. The van der Waals surface area contributed by atoms with Crippen LogP contribution in [0.5, 0.6) is 0 Å². The van der Waals surface area contributed by atoms with E-state index in [4.69, 9.17) is 5.11 Å². The van der Waals surface area contributed by atoms with Crippen LogP contribution in [0, 0.1) is 11.6 Å². The molecule has 0 aliphatic carbocycles. The van der Waals surface area contributed by atoms with Crippen molar-refractivity contribution >= 4 is 22.7 Å². The van der Waals surface area contributed by atoms with Crippen LogP contribution in [0.1, 0.15) is 5.56 Å². The molecule has 3 heterocycles. The average molecular weight is 371 g/mol. The lowest BCUT2D eigenvalue weighted by Gasteiger charge is -2.07. The van der Waals surface area contributed by atoms with Crippen LogP contribution in [0.3, 0.4) is 0 Å². The van der Waals surface area contributed by atoms with Gasteiger partial charge in [-0.2, -0.15) is 15.2 Å². The predicted octanol–water partition coefficient (Wildman–Crippen LogP) is 2.09. The normalized spacial score (nSPS) is 11.2. The Morgan fingerprint density at radius 2 is 1.89 bits per heavy atom. The number of hydrogen-bond acceptors (Lipinski definition) is 6. The molecule has 27 heavy (non-hydrogen) atoms. The molecule has 0 atom stereocenters. The molecule has 0 aliphatic rings. The Morgan fingerprint density at radius 3 is 2.67 bits per heavy atom. The third-order valence-electron chi connectivity index (χ3n) is 3.96. The zero-order valence-corrected chi connectivity index (χ0v) is 14.0. The van der Waals surface area contributed by atoms with Crippen LogP contribution in [0.4, 0.5) is 20.4 Å². The first kappa shape index (κ1) is 17.0. The van der Waals surface area contributed by atoms with Crippen molar-refractivity contribution in [2.45, 2.75) is 13.1 Å². The second-order valence-corrected chi connectivity index (χ2v) is 5.82. The van der Waals surface area contributed by atoms with Crippen LogP contribution < -0.4 is 5.32 Å². The molecule has 0 aliphatic heterocycles. The van der Waals surface area contributed by atoms with Crippen molar-refractivity contribution in [2.24, 2.45) is 0 Å². The van der Waals surface area contributed by atoms with Gasteiger partial charge < -0.3 is 10.4 Å². The maximum absolute atomic E-state index is 13.9. The molecule has 0 bridgehead atoms. The third kappa shape index (κ3) is 3.47. The number of hydrogen-bond donors (Lipinski definition) is 2. The Balaban J connectivity index is 1.62. The van der Waals surface area contributed by atoms with Crippen LogP contribution in [0.2, 0.25) is 0 Å². The lowest BCUT2D eigenvalue weighted by molar-refractivity contribution is 0.269. The molecule has 0 amide bonds. The van der Waals surface area contributed by atoms with E-state index in [0.717, 1.165) is 0 Å². The number of anilines is 2. The Morgan fingerprint density at radius 1 is 1.07 bits per heavy atom. The fourth-order valence-electron chi connectivity index (χ4n) is 2.66. The first-order valence-corrected chi connectivity index (χ1v) is 8.16. The largest absolute Gasteiger partial charge is 0.394 e. The maximum Gasteiger partial charge on any atom is 0.229 e. The minimum absolute atomic E-state index is 0.0185. The zero-order valence-electron chi connectivity index (χ0n) is 14.0. The third-order valence-corrected chi connectivity index (χ3v) is 3.96. The van der Waals surface area contributed by atoms with Crippen molar-refractivity contribution in [2.75, 3.05) is 11.9 Å². The molecule has 0 saturated carbocycles. The van der Waals surface area contributed by atoms with Crippen molar-refractivity contribution in [1.29, 1.82) is 0 Å². The van der Waals surface area contributed by atoms with Crippen molar-refractivity contribution < 1.29 is 13.9 Å². The molecule has 0 fully saturated rings. The molecular weight excluding hydrogens is 356 g/mol. The summed E-state index contributed by atoms with van der Waals surface area (Å²) in [6.45, 7) is 0.269. The molecule has 0 radical (unpaired) electrons. The van der Waals surface area contributed by atoms with Gasteiger partial charge in [0.25, 0.3) is 0 Å². The van der Waals surface area contributed by atoms with Crippen LogP contribution in [0.15, 0.2) is 43.0 Å². The molecule has 10 heteroatoms. The molecule has 0 spiro atoms. The quantitative estimate of drug-likeness (QED) is 0.539. The number of aliphatic hydroxyl groups excluding tert-OH is 1. The van der Waals surface area contributed by atoms with Gasteiger partial charge >= 0.3 is 0 Å². The Labute approximate surface area is 152 Å². The highest BCUT2D eigenvalue weighted by molar-refractivity contribution is 5.75. The van der Waals surface area contributed by atoms with E-state index in [0.29, 0.717) is 29.2 Å². The Bertz CT molecular complexity index is 1070. The van der Waals surface area contributed by atoms with Crippen LogP contribution in [0.25, 0.3) is 11.0 Å². The molecule has 0 unspecified atom stereocenters. The Hall–Kier alpha value is -3.40. The second-order valence-electron chi connectivity index (χ2n) is 5.82. The number of aromatic nitrogens is 6. The van der Waals surface area contributed by atoms with E-state index in [1.165, 1.54) is 29.1 Å². The van der Waals surface area contributed by atoms with Gasteiger partial charge in [-0.25, -0.2) is 18.4 Å². The summed E-state index contributed by atoms with van der Waals surface area (Å²) < 4.78 is 30.8. The van der Waals surface area contributed by atoms with Gasteiger partial charge in [0.15, 0.2) is 5.65 Å². The van der Waals surface area contributed by atoms with E-state index in [9.17, 15) is 8.78 Å². The number of nitrogens with zero attached hydrogens (tertiary/aromatic N) is 6. The number of fused-ring (bicyclic) bond motifs is 1. The molecule has 3 aromatic heterocycles. The van der Waals surface area contributed by atoms with Gasteiger partial charge in [0.1, 0.15) is 11.6 Å². The van der Waals surface area contributed by atoms with Gasteiger partial charge in [0, 0.05) is 18.0 Å². The smallest absolute Gasteiger partial charge is 0.229 e. The first-order valence-electron chi connectivity index (χ1n) is 8.16. The van der Waals surface area contributed by atoms with Gasteiger partial charge in [0.2, 0.25) is 5.95 Å². The summed E-state index contributed by atoms with van der Waals surface area (Å²) in [6.07, 6.45) is 6.40. The van der Waals surface area contributed by atoms with Gasteiger partial charge in [-0.05, 0) is 12.1 Å². The fraction of sp³-hybridized carbons (Fsp3) is 0.176. The Kier molecular flexibility index (Phi) is 4.47. The van der Waals surface area contributed by atoms with Crippen molar-refractivity contribution in [1.82, 2.24) is 29.5 Å². The van der Waals surface area contributed by atoms with Crippen LogP contribution in [-0.2, 0) is 13.1 Å². The van der Waals surface area contributed by atoms with Gasteiger partial charge in [0.05, 0.1) is 43.2 Å². The van der Waals surface area contributed by atoms with Crippen LogP contribution in [-0.4, -0.2) is 41.2 Å². The highest BCUT2D eigenvalue weighted by atomic mass is 19.1. The second kappa shape index (κ2) is 7.08. The molecule has 138 valence electrons. The van der Waals surface area contributed by atoms with Crippen molar-refractivity contribution in [3.8, 4) is 0 Å². The van der Waals surface area contributed by atoms with E-state index in [2.05, 4.69) is 25.5 Å².